The Morgan fingerprint density at radius 2 is 2.14 bits per heavy atom. The molecule has 0 saturated carbocycles. The van der Waals surface area contributed by atoms with Crippen LogP contribution in [0.25, 0.3) is 0 Å². The van der Waals surface area contributed by atoms with E-state index in [1.165, 1.54) is 17.8 Å². The highest BCUT2D eigenvalue weighted by molar-refractivity contribution is 7.16. The fourth-order valence-corrected chi connectivity index (χ4v) is 4.25. The van der Waals surface area contributed by atoms with Gasteiger partial charge in [-0.25, -0.2) is 0 Å². The second kappa shape index (κ2) is 7.96. The summed E-state index contributed by atoms with van der Waals surface area (Å²) in [5, 5.41) is 3.77. The lowest BCUT2D eigenvalue weighted by Crippen LogP contribution is -2.60. The molecule has 21 heavy (non-hydrogen) atoms. The Bertz CT molecular complexity index is 432. The van der Waals surface area contributed by atoms with Gasteiger partial charge in [0.25, 0.3) is 0 Å². The summed E-state index contributed by atoms with van der Waals surface area (Å²) >= 11 is 7.76. The molecule has 0 aliphatic carbocycles. The number of hydrogen-bond donors (Lipinski definition) is 1. The SMILES string of the molecule is CCC(C)C1CN(CCc2ccc(Cl)s2)C(C(C)C)CN1. The lowest BCUT2D eigenvalue weighted by molar-refractivity contribution is 0.0833. The summed E-state index contributed by atoms with van der Waals surface area (Å²) in [6, 6.07) is 5.48. The van der Waals surface area contributed by atoms with Crippen LogP contribution in [0.4, 0.5) is 0 Å². The van der Waals surface area contributed by atoms with Gasteiger partial charge in [0.05, 0.1) is 4.34 Å². The average molecular weight is 329 g/mol. The van der Waals surface area contributed by atoms with E-state index in [0.29, 0.717) is 18.0 Å². The number of piperazine rings is 1. The Kier molecular flexibility index (Phi) is 6.54. The minimum absolute atomic E-state index is 0.636. The normalized spacial score (nSPS) is 25.4. The molecule has 4 heteroatoms. The summed E-state index contributed by atoms with van der Waals surface area (Å²) in [7, 11) is 0. The molecule has 3 unspecified atom stereocenters. The Morgan fingerprint density at radius 1 is 1.38 bits per heavy atom. The van der Waals surface area contributed by atoms with Gasteiger partial charge in [0, 0.05) is 36.6 Å². The molecule has 1 aliphatic heterocycles. The molecule has 1 N–H and O–H groups in total. The molecule has 2 heterocycles. The van der Waals surface area contributed by atoms with Crippen LogP contribution in [0.3, 0.4) is 0 Å². The summed E-state index contributed by atoms with van der Waals surface area (Å²) < 4.78 is 0.906. The molecule has 2 rings (SSSR count). The molecule has 0 spiro atoms. The molecule has 0 amide bonds. The van der Waals surface area contributed by atoms with Crippen LogP contribution in [0.15, 0.2) is 12.1 Å². The molecule has 3 atom stereocenters. The molecule has 1 aromatic heterocycles. The summed E-state index contributed by atoms with van der Waals surface area (Å²) in [6.07, 6.45) is 2.37. The van der Waals surface area contributed by atoms with Gasteiger partial charge in [0.15, 0.2) is 0 Å². The van der Waals surface area contributed by atoms with Crippen molar-refractivity contribution < 1.29 is 0 Å². The van der Waals surface area contributed by atoms with Crippen LogP contribution in [-0.2, 0) is 6.42 Å². The standard InChI is InChI=1S/C17H29ClN2S/c1-5-13(4)15-11-20(16(10-19-15)12(2)3)9-8-14-6-7-17(18)21-14/h6-7,12-13,15-16,19H,5,8-11H2,1-4H3. The minimum atomic E-state index is 0.636. The van der Waals surface area contributed by atoms with Gasteiger partial charge in [-0.05, 0) is 30.4 Å². The molecule has 1 aliphatic rings. The van der Waals surface area contributed by atoms with Crippen LogP contribution in [0, 0.1) is 11.8 Å². The van der Waals surface area contributed by atoms with Gasteiger partial charge in [-0.15, -0.1) is 11.3 Å². The van der Waals surface area contributed by atoms with E-state index in [0.717, 1.165) is 29.8 Å². The van der Waals surface area contributed by atoms with Crippen LogP contribution in [-0.4, -0.2) is 36.6 Å². The molecule has 0 bridgehead atoms. The summed E-state index contributed by atoms with van der Waals surface area (Å²) in [5.74, 6) is 1.44. The van der Waals surface area contributed by atoms with E-state index in [1.54, 1.807) is 11.3 Å². The molecule has 0 radical (unpaired) electrons. The van der Waals surface area contributed by atoms with E-state index in [-0.39, 0.29) is 0 Å². The molecular formula is C17H29ClN2S. The van der Waals surface area contributed by atoms with Gasteiger partial charge in [-0.3, -0.25) is 4.90 Å². The maximum absolute atomic E-state index is 6.04. The molecule has 1 aromatic rings. The largest absolute Gasteiger partial charge is 0.311 e. The van der Waals surface area contributed by atoms with Gasteiger partial charge in [0.1, 0.15) is 0 Å². The lowest BCUT2D eigenvalue weighted by atomic mass is 9.92. The van der Waals surface area contributed by atoms with Gasteiger partial charge < -0.3 is 5.32 Å². The average Bonchev–Trinajstić information content (AvgIpc) is 2.89. The number of nitrogens with one attached hydrogen (secondary N) is 1. The van der Waals surface area contributed by atoms with Crippen molar-refractivity contribution in [2.45, 2.75) is 52.6 Å². The highest BCUT2D eigenvalue weighted by Gasteiger charge is 2.31. The Hall–Kier alpha value is -0.0900. The van der Waals surface area contributed by atoms with Gasteiger partial charge in [-0.1, -0.05) is 45.7 Å². The first kappa shape index (κ1) is 17.3. The second-order valence-corrected chi connectivity index (χ2v) is 8.46. The summed E-state index contributed by atoms with van der Waals surface area (Å²) in [4.78, 5) is 4.10. The predicted octanol–water partition coefficient (Wildman–Crippen LogP) is 4.29. The maximum Gasteiger partial charge on any atom is 0.0931 e. The van der Waals surface area contributed by atoms with Crippen molar-refractivity contribution in [1.29, 1.82) is 0 Å². The Labute approximate surface area is 138 Å². The van der Waals surface area contributed by atoms with Gasteiger partial charge in [0.2, 0.25) is 0 Å². The predicted molar refractivity (Wildman–Crippen MR) is 94.5 cm³/mol. The zero-order valence-corrected chi connectivity index (χ0v) is 15.3. The van der Waals surface area contributed by atoms with Gasteiger partial charge in [-0.2, -0.15) is 0 Å². The Balaban J connectivity index is 1.96. The number of rotatable bonds is 6. The fourth-order valence-electron chi connectivity index (χ4n) is 3.17. The summed E-state index contributed by atoms with van der Waals surface area (Å²) in [6.45, 7) is 12.8. The first-order valence-electron chi connectivity index (χ1n) is 8.22. The van der Waals surface area contributed by atoms with Crippen LogP contribution in [0.2, 0.25) is 4.34 Å². The maximum atomic E-state index is 6.04. The topological polar surface area (TPSA) is 15.3 Å². The lowest BCUT2D eigenvalue weighted by Gasteiger charge is -2.44. The number of halogens is 1. The third kappa shape index (κ3) is 4.69. The van der Waals surface area contributed by atoms with Crippen molar-refractivity contribution in [1.82, 2.24) is 10.2 Å². The quantitative estimate of drug-likeness (QED) is 0.838. The number of nitrogens with zero attached hydrogens (tertiary/aromatic N) is 1. The van der Waals surface area contributed by atoms with Gasteiger partial charge >= 0.3 is 0 Å². The van der Waals surface area contributed by atoms with Crippen LogP contribution in [0.1, 0.15) is 39.0 Å². The number of thiophene rings is 1. The van der Waals surface area contributed by atoms with E-state index in [4.69, 9.17) is 11.6 Å². The third-order valence-corrected chi connectivity index (χ3v) is 6.15. The summed E-state index contributed by atoms with van der Waals surface area (Å²) in [5.41, 5.74) is 0. The van der Waals surface area contributed by atoms with E-state index < -0.39 is 0 Å². The van der Waals surface area contributed by atoms with E-state index >= 15 is 0 Å². The monoisotopic (exact) mass is 328 g/mol. The van der Waals surface area contributed by atoms with Crippen LogP contribution >= 0.6 is 22.9 Å². The van der Waals surface area contributed by atoms with Crippen molar-refractivity contribution in [3.63, 3.8) is 0 Å². The number of hydrogen-bond acceptors (Lipinski definition) is 3. The highest BCUT2D eigenvalue weighted by Crippen LogP contribution is 2.24. The smallest absolute Gasteiger partial charge is 0.0931 e. The van der Waals surface area contributed by atoms with Crippen molar-refractivity contribution in [3.05, 3.63) is 21.3 Å². The van der Waals surface area contributed by atoms with Crippen molar-refractivity contribution in [2.75, 3.05) is 19.6 Å². The van der Waals surface area contributed by atoms with Crippen molar-refractivity contribution in [2.24, 2.45) is 11.8 Å². The highest BCUT2D eigenvalue weighted by atomic mass is 35.5. The molecule has 120 valence electrons. The fraction of sp³-hybridized carbons (Fsp3) is 0.765. The molecule has 2 nitrogen and oxygen atoms in total. The second-order valence-electron chi connectivity index (χ2n) is 6.66. The molecule has 0 aromatic carbocycles. The van der Waals surface area contributed by atoms with Crippen molar-refractivity contribution >= 4 is 22.9 Å². The van der Waals surface area contributed by atoms with Crippen LogP contribution < -0.4 is 5.32 Å². The van der Waals surface area contributed by atoms with E-state index in [9.17, 15) is 0 Å². The Morgan fingerprint density at radius 3 is 2.71 bits per heavy atom. The first-order chi connectivity index (χ1) is 10.0. The zero-order chi connectivity index (χ0) is 15.4. The molecule has 1 saturated heterocycles. The van der Waals surface area contributed by atoms with Crippen molar-refractivity contribution in [3.8, 4) is 0 Å². The third-order valence-electron chi connectivity index (χ3n) is 4.86. The first-order valence-corrected chi connectivity index (χ1v) is 9.42. The van der Waals surface area contributed by atoms with Crippen LogP contribution in [0.5, 0.6) is 0 Å². The zero-order valence-electron chi connectivity index (χ0n) is 13.7. The minimum Gasteiger partial charge on any atom is -0.311 e. The van der Waals surface area contributed by atoms with E-state index in [1.807, 2.05) is 6.07 Å². The molecular weight excluding hydrogens is 300 g/mol. The molecule has 1 fully saturated rings. The van der Waals surface area contributed by atoms with E-state index in [2.05, 4.69) is 44.0 Å².